The van der Waals surface area contributed by atoms with Gasteiger partial charge in [-0.25, -0.2) is 9.36 Å². The van der Waals surface area contributed by atoms with E-state index >= 15 is 0 Å². The Morgan fingerprint density at radius 3 is 2.82 bits per heavy atom. The standard InChI is InChI=1S/C12H12N2O3/c1-8(13-7-15)11-6-9-4-2-3-5-10(9)14(11)12(16)17/h2-8H,1H3,(H,13,15)(H,16,17). The average Bonchev–Trinajstić information content (AvgIpc) is 2.68. The van der Waals surface area contributed by atoms with Gasteiger partial charge in [-0.15, -0.1) is 0 Å². The van der Waals surface area contributed by atoms with E-state index in [1.165, 1.54) is 4.57 Å². The number of hydrogen-bond donors (Lipinski definition) is 2. The first-order chi connectivity index (χ1) is 8.15. The maximum Gasteiger partial charge on any atom is 0.416 e. The normalized spacial score (nSPS) is 12.3. The van der Waals surface area contributed by atoms with Gasteiger partial charge in [0, 0.05) is 5.39 Å². The average molecular weight is 232 g/mol. The van der Waals surface area contributed by atoms with Crippen molar-refractivity contribution >= 4 is 23.4 Å². The van der Waals surface area contributed by atoms with Crippen LogP contribution in [0.1, 0.15) is 18.7 Å². The SMILES string of the molecule is CC(NC=O)c1cc2ccccc2n1C(=O)O. The summed E-state index contributed by atoms with van der Waals surface area (Å²) in [7, 11) is 0. The summed E-state index contributed by atoms with van der Waals surface area (Å²) < 4.78 is 1.19. The molecule has 1 aromatic carbocycles. The van der Waals surface area contributed by atoms with Crippen molar-refractivity contribution in [1.82, 2.24) is 9.88 Å². The van der Waals surface area contributed by atoms with Gasteiger partial charge in [0.25, 0.3) is 0 Å². The van der Waals surface area contributed by atoms with Gasteiger partial charge in [0.15, 0.2) is 0 Å². The molecule has 1 atom stereocenters. The van der Waals surface area contributed by atoms with E-state index in [9.17, 15) is 14.7 Å². The Labute approximate surface area is 97.7 Å². The smallest absolute Gasteiger partial charge is 0.416 e. The molecular weight excluding hydrogens is 220 g/mol. The molecule has 0 bridgehead atoms. The molecule has 1 unspecified atom stereocenters. The Balaban J connectivity index is 2.65. The van der Waals surface area contributed by atoms with Crippen molar-refractivity contribution in [3.8, 4) is 0 Å². The van der Waals surface area contributed by atoms with Crippen LogP contribution >= 0.6 is 0 Å². The van der Waals surface area contributed by atoms with Crippen LogP contribution in [0.3, 0.4) is 0 Å². The number of benzene rings is 1. The molecule has 1 heterocycles. The second-order valence-electron chi connectivity index (χ2n) is 3.75. The molecule has 88 valence electrons. The van der Waals surface area contributed by atoms with Crippen LogP contribution in [0.15, 0.2) is 30.3 Å². The van der Waals surface area contributed by atoms with Gasteiger partial charge >= 0.3 is 6.09 Å². The summed E-state index contributed by atoms with van der Waals surface area (Å²) in [5.74, 6) is 0. The topological polar surface area (TPSA) is 71.3 Å². The van der Waals surface area contributed by atoms with Crippen LogP contribution in [0.4, 0.5) is 4.79 Å². The number of carbonyl (C=O) groups is 2. The molecule has 0 fully saturated rings. The lowest BCUT2D eigenvalue weighted by Gasteiger charge is -2.11. The molecule has 2 N–H and O–H groups in total. The maximum atomic E-state index is 11.3. The number of fused-ring (bicyclic) bond motifs is 1. The summed E-state index contributed by atoms with van der Waals surface area (Å²) in [5.41, 5.74) is 1.17. The minimum Gasteiger partial charge on any atom is -0.464 e. The molecule has 17 heavy (non-hydrogen) atoms. The van der Waals surface area contributed by atoms with Gasteiger partial charge in [-0.2, -0.15) is 0 Å². The van der Waals surface area contributed by atoms with Crippen molar-refractivity contribution < 1.29 is 14.7 Å². The molecule has 0 saturated heterocycles. The summed E-state index contributed by atoms with van der Waals surface area (Å²) >= 11 is 0. The number of hydrogen-bond acceptors (Lipinski definition) is 2. The van der Waals surface area contributed by atoms with Crippen LogP contribution in [0.5, 0.6) is 0 Å². The molecule has 0 aliphatic rings. The quantitative estimate of drug-likeness (QED) is 0.795. The van der Waals surface area contributed by atoms with Gasteiger partial charge in [0.1, 0.15) is 0 Å². The van der Waals surface area contributed by atoms with Crippen LogP contribution in [-0.4, -0.2) is 22.2 Å². The number of rotatable bonds is 3. The van der Waals surface area contributed by atoms with Gasteiger partial charge in [0.05, 0.1) is 17.3 Å². The molecule has 2 rings (SSSR count). The van der Waals surface area contributed by atoms with E-state index in [1.807, 2.05) is 12.1 Å². The van der Waals surface area contributed by atoms with E-state index in [4.69, 9.17) is 0 Å². The Morgan fingerprint density at radius 1 is 1.47 bits per heavy atom. The number of amides is 1. The lowest BCUT2D eigenvalue weighted by atomic mass is 10.2. The molecule has 2 aromatic rings. The molecule has 5 nitrogen and oxygen atoms in total. The van der Waals surface area contributed by atoms with E-state index < -0.39 is 6.09 Å². The minimum atomic E-state index is -1.05. The molecule has 5 heteroatoms. The van der Waals surface area contributed by atoms with E-state index in [-0.39, 0.29) is 6.04 Å². The number of nitrogens with one attached hydrogen (secondary N) is 1. The Morgan fingerprint density at radius 2 is 2.18 bits per heavy atom. The van der Waals surface area contributed by atoms with Crippen molar-refractivity contribution in [3.63, 3.8) is 0 Å². The molecule has 1 aromatic heterocycles. The molecule has 0 radical (unpaired) electrons. The third-order valence-corrected chi connectivity index (χ3v) is 2.69. The number of para-hydroxylation sites is 1. The van der Waals surface area contributed by atoms with Crippen LogP contribution in [-0.2, 0) is 4.79 Å². The fraction of sp³-hybridized carbons (Fsp3) is 0.167. The van der Waals surface area contributed by atoms with Crippen molar-refractivity contribution in [1.29, 1.82) is 0 Å². The third kappa shape index (κ3) is 1.87. The van der Waals surface area contributed by atoms with Crippen LogP contribution in [0, 0.1) is 0 Å². The summed E-state index contributed by atoms with van der Waals surface area (Å²) in [6.45, 7) is 1.74. The van der Waals surface area contributed by atoms with Crippen molar-refractivity contribution in [2.75, 3.05) is 0 Å². The Hall–Kier alpha value is -2.30. The number of carbonyl (C=O) groups excluding carboxylic acids is 1. The van der Waals surface area contributed by atoms with Gasteiger partial charge < -0.3 is 10.4 Å². The van der Waals surface area contributed by atoms with Crippen molar-refractivity contribution in [2.45, 2.75) is 13.0 Å². The second kappa shape index (κ2) is 4.29. The zero-order valence-electron chi connectivity index (χ0n) is 9.25. The monoisotopic (exact) mass is 232 g/mol. The summed E-state index contributed by atoms with van der Waals surface area (Å²) in [4.78, 5) is 21.7. The lowest BCUT2D eigenvalue weighted by molar-refractivity contribution is -0.110. The first-order valence-corrected chi connectivity index (χ1v) is 5.18. The van der Waals surface area contributed by atoms with Crippen LogP contribution in [0.2, 0.25) is 0 Å². The number of nitrogens with zero attached hydrogens (tertiary/aromatic N) is 1. The molecule has 0 aliphatic carbocycles. The van der Waals surface area contributed by atoms with E-state index in [1.54, 1.807) is 25.1 Å². The second-order valence-corrected chi connectivity index (χ2v) is 3.75. The highest BCUT2D eigenvalue weighted by molar-refractivity contribution is 5.90. The zero-order chi connectivity index (χ0) is 12.4. The molecular formula is C12H12N2O3. The molecule has 1 amide bonds. The fourth-order valence-corrected chi connectivity index (χ4v) is 1.90. The molecule has 0 spiro atoms. The maximum absolute atomic E-state index is 11.3. The summed E-state index contributed by atoms with van der Waals surface area (Å²) in [6, 6.07) is 8.62. The molecule has 0 saturated carbocycles. The largest absolute Gasteiger partial charge is 0.464 e. The first kappa shape index (κ1) is 11.2. The fourth-order valence-electron chi connectivity index (χ4n) is 1.90. The number of aromatic nitrogens is 1. The van der Waals surface area contributed by atoms with E-state index in [2.05, 4.69) is 5.32 Å². The van der Waals surface area contributed by atoms with Gasteiger partial charge in [0.2, 0.25) is 6.41 Å². The van der Waals surface area contributed by atoms with Crippen LogP contribution < -0.4 is 5.32 Å². The molecule has 0 aliphatic heterocycles. The highest BCUT2D eigenvalue weighted by Crippen LogP contribution is 2.23. The van der Waals surface area contributed by atoms with E-state index in [0.29, 0.717) is 17.6 Å². The highest BCUT2D eigenvalue weighted by Gasteiger charge is 2.17. The Kier molecular flexibility index (Phi) is 2.82. The zero-order valence-corrected chi connectivity index (χ0v) is 9.25. The lowest BCUT2D eigenvalue weighted by Crippen LogP contribution is -2.22. The third-order valence-electron chi connectivity index (χ3n) is 2.69. The van der Waals surface area contributed by atoms with Crippen molar-refractivity contribution in [2.24, 2.45) is 0 Å². The predicted molar refractivity (Wildman–Crippen MR) is 63.0 cm³/mol. The van der Waals surface area contributed by atoms with Gasteiger partial charge in [-0.3, -0.25) is 4.79 Å². The summed E-state index contributed by atoms with van der Waals surface area (Å²) in [5, 5.41) is 12.6. The van der Waals surface area contributed by atoms with Gasteiger partial charge in [-0.05, 0) is 19.1 Å². The van der Waals surface area contributed by atoms with E-state index in [0.717, 1.165) is 5.39 Å². The minimum absolute atomic E-state index is 0.351. The first-order valence-electron chi connectivity index (χ1n) is 5.18. The highest BCUT2D eigenvalue weighted by atomic mass is 16.4. The van der Waals surface area contributed by atoms with Gasteiger partial charge in [-0.1, -0.05) is 18.2 Å². The predicted octanol–water partition coefficient (Wildman–Crippen LogP) is 1.97. The summed E-state index contributed by atoms with van der Waals surface area (Å²) in [6.07, 6.45) is -0.491. The van der Waals surface area contributed by atoms with Crippen molar-refractivity contribution in [3.05, 3.63) is 36.0 Å². The number of carboxylic acid groups (broad SMARTS) is 1. The van der Waals surface area contributed by atoms with Crippen LogP contribution in [0.25, 0.3) is 10.9 Å². The Bertz CT molecular complexity index is 574.